The third kappa shape index (κ3) is 2.53. The topological polar surface area (TPSA) is 79.9 Å². The van der Waals surface area contributed by atoms with Gasteiger partial charge in [-0.2, -0.15) is 0 Å². The van der Waals surface area contributed by atoms with Crippen LogP contribution in [0, 0.1) is 0 Å². The predicted molar refractivity (Wildman–Crippen MR) is 66.3 cm³/mol. The maximum Gasteiger partial charge on any atom is 0.291 e. The summed E-state index contributed by atoms with van der Waals surface area (Å²) < 4.78 is 5.49. The lowest BCUT2D eigenvalue weighted by Gasteiger charge is -2.28. The minimum absolute atomic E-state index is 0.00973. The zero-order valence-corrected chi connectivity index (χ0v) is 11.1. The van der Waals surface area contributed by atoms with Crippen molar-refractivity contribution in [2.75, 3.05) is 6.61 Å². The molecule has 1 fully saturated rings. The molecule has 0 bridgehead atoms. The molecule has 2 heterocycles. The summed E-state index contributed by atoms with van der Waals surface area (Å²) in [4.78, 5) is 16.2. The highest BCUT2D eigenvalue weighted by Gasteiger charge is 2.39. The van der Waals surface area contributed by atoms with Gasteiger partial charge >= 0.3 is 0 Å². The Balaban J connectivity index is 2.02. The second kappa shape index (κ2) is 5.06. The molecule has 1 saturated heterocycles. The highest BCUT2D eigenvalue weighted by Crippen LogP contribution is 2.25. The molecule has 1 aromatic rings. The molecule has 0 spiro atoms. The second-order valence-corrected chi connectivity index (χ2v) is 4.99. The average Bonchev–Trinajstić information content (AvgIpc) is 2.89. The number of amides is 1. The summed E-state index contributed by atoms with van der Waals surface area (Å²) in [6.45, 7) is 6.68. The number of ether oxygens (including phenoxy) is 1. The molecule has 1 aliphatic rings. The summed E-state index contributed by atoms with van der Waals surface area (Å²) in [5, 5.41) is 9.69. The van der Waals surface area contributed by atoms with Gasteiger partial charge in [0.2, 0.25) is 5.82 Å². The molecule has 1 amide bonds. The van der Waals surface area contributed by atoms with Crippen LogP contribution in [-0.4, -0.2) is 39.3 Å². The maximum absolute atomic E-state index is 12.1. The lowest BCUT2D eigenvalue weighted by molar-refractivity contribution is 0.0720. The zero-order valence-electron chi connectivity index (χ0n) is 11.1. The second-order valence-electron chi connectivity index (χ2n) is 4.99. The van der Waals surface area contributed by atoms with Gasteiger partial charge in [-0.3, -0.25) is 9.89 Å². The van der Waals surface area contributed by atoms with E-state index in [1.807, 2.05) is 13.8 Å². The fourth-order valence-corrected chi connectivity index (χ4v) is 2.06. The molecule has 2 atom stereocenters. The first-order chi connectivity index (χ1) is 8.55. The Morgan fingerprint density at radius 2 is 2.44 bits per heavy atom. The monoisotopic (exact) mass is 252 g/mol. The molecule has 0 radical (unpaired) electrons. The number of nitrogens with zero attached hydrogens (tertiary/aromatic N) is 2. The molecule has 1 aliphatic heterocycles. The first-order valence-electron chi connectivity index (χ1n) is 6.40. The number of hydrogen-bond donors (Lipinski definition) is 2. The summed E-state index contributed by atoms with van der Waals surface area (Å²) in [6.07, 6.45) is 2.60. The fourth-order valence-electron chi connectivity index (χ4n) is 2.06. The average molecular weight is 252 g/mol. The number of hydrogen-bond acceptors (Lipinski definition) is 4. The van der Waals surface area contributed by atoms with Crippen LogP contribution < -0.4 is 5.32 Å². The highest BCUT2D eigenvalue weighted by molar-refractivity contribution is 5.90. The molecule has 0 aromatic carbocycles. The van der Waals surface area contributed by atoms with Crippen LogP contribution in [0.5, 0.6) is 0 Å². The van der Waals surface area contributed by atoms with Crippen molar-refractivity contribution in [3.8, 4) is 0 Å². The van der Waals surface area contributed by atoms with Crippen LogP contribution >= 0.6 is 0 Å². The summed E-state index contributed by atoms with van der Waals surface area (Å²) in [7, 11) is 0. The number of rotatable bonds is 4. The molecule has 2 unspecified atom stereocenters. The number of nitrogens with one attached hydrogen (secondary N) is 2. The van der Waals surface area contributed by atoms with Crippen molar-refractivity contribution in [2.24, 2.45) is 0 Å². The molecule has 0 aliphatic carbocycles. The molecule has 6 nitrogen and oxygen atoms in total. The quantitative estimate of drug-likeness (QED) is 0.839. The Kier molecular flexibility index (Phi) is 3.65. The van der Waals surface area contributed by atoms with Crippen molar-refractivity contribution >= 4 is 5.91 Å². The third-order valence-electron chi connectivity index (χ3n) is 3.51. The van der Waals surface area contributed by atoms with Crippen molar-refractivity contribution in [3.05, 3.63) is 11.6 Å². The van der Waals surface area contributed by atoms with Crippen LogP contribution in [0.3, 0.4) is 0 Å². The summed E-state index contributed by atoms with van der Waals surface area (Å²) in [5.74, 6) is 0.718. The van der Waals surface area contributed by atoms with Gasteiger partial charge in [0.1, 0.15) is 5.82 Å². The van der Waals surface area contributed by atoms with E-state index in [9.17, 15) is 4.79 Å². The lowest BCUT2D eigenvalue weighted by atomic mass is 9.94. The van der Waals surface area contributed by atoms with E-state index in [-0.39, 0.29) is 23.4 Å². The minimum Gasteiger partial charge on any atom is -0.376 e. The first-order valence-corrected chi connectivity index (χ1v) is 6.40. The van der Waals surface area contributed by atoms with Gasteiger partial charge in [0, 0.05) is 13.0 Å². The summed E-state index contributed by atoms with van der Waals surface area (Å²) in [6, 6.07) is 0. The number of aromatic amines is 1. The molecule has 2 N–H and O–H groups in total. The van der Waals surface area contributed by atoms with E-state index in [0.29, 0.717) is 6.61 Å². The number of H-pyrrole nitrogens is 1. The lowest BCUT2D eigenvalue weighted by Crippen LogP contribution is -2.50. The number of carbonyl (C=O) groups is 1. The highest BCUT2D eigenvalue weighted by atomic mass is 16.5. The molecular weight excluding hydrogens is 232 g/mol. The van der Waals surface area contributed by atoms with Gasteiger partial charge in [-0.25, -0.2) is 4.98 Å². The van der Waals surface area contributed by atoms with Crippen LogP contribution in [0.15, 0.2) is 0 Å². The van der Waals surface area contributed by atoms with Gasteiger partial charge in [0.25, 0.3) is 5.91 Å². The first kappa shape index (κ1) is 13.0. The molecule has 18 heavy (non-hydrogen) atoms. The van der Waals surface area contributed by atoms with Crippen LogP contribution in [0.1, 0.15) is 50.1 Å². The van der Waals surface area contributed by atoms with Crippen molar-refractivity contribution in [1.82, 2.24) is 20.5 Å². The van der Waals surface area contributed by atoms with Crippen LogP contribution in [0.25, 0.3) is 0 Å². The van der Waals surface area contributed by atoms with Crippen LogP contribution in [0.4, 0.5) is 0 Å². The zero-order chi connectivity index (χ0) is 13.2. The summed E-state index contributed by atoms with van der Waals surface area (Å²) in [5.41, 5.74) is -0.331. The Hall–Kier alpha value is -1.43. The number of carbonyl (C=O) groups excluding carboxylic acids is 1. The van der Waals surface area contributed by atoms with E-state index < -0.39 is 0 Å². The maximum atomic E-state index is 12.1. The molecule has 0 saturated carbocycles. The molecule has 1 aromatic heterocycles. The van der Waals surface area contributed by atoms with E-state index in [2.05, 4.69) is 27.4 Å². The number of aryl methyl sites for hydroxylation is 1. The molecule has 6 heteroatoms. The van der Waals surface area contributed by atoms with Crippen molar-refractivity contribution in [3.63, 3.8) is 0 Å². The Morgan fingerprint density at radius 3 is 3.06 bits per heavy atom. The number of aromatic nitrogens is 3. The fraction of sp³-hybridized carbons (Fsp3) is 0.750. The molecular formula is C12H20N4O2. The summed E-state index contributed by atoms with van der Waals surface area (Å²) >= 11 is 0. The SMILES string of the molecule is CCCc1nc(C(=O)NC2(C)CCOC2C)n[nH]1. The largest absolute Gasteiger partial charge is 0.376 e. The third-order valence-corrected chi connectivity index (χ3v) is 3.51. The van der Waals surface area contributed by atoms with E-state index >= 15 is 0 Å². The predicted octanol–water partition coefficient (Wildman–Crippen LogP) is 1.05. The van der Waals surface area contributed by atoms with Gasteiger partial charge < -0.3 is 10.1 Å². The van der Waals surface area contributed by atoms with Crippen molar-refractivity contribution in [1.29, 1.82) is 0 Å². The van der Waals surface area contributed by atoms with Gasteiger partial charge in [-0.15, -0.1) is 5.10 Å². The van der Waals surface area contributed by atoms with Crippen molar-refractivity contribution < 1.29 is 9.53 Å². The Labute approximate surface area is 107 Å². The smallest absolute Gasteiger partial charge is 0.291 e. The van der Waals surface area contributed by atoms with E-state index in [1.54, 1.807) is 0 Å². The minimum atomic E-state index is -0.331. The molecule has 100 valence electrons. The van der Waals surface area contributed by atoms with Crippen LogP contribution in [0.2, 0.25) is 0 Å². The van der Waals surface area contributed by atoms with E-state index in [0.717, 1.165) is 25.1 Å². The van der Waals surface area contributed by atoms with Crippen molar-refractivity contribution in [2.45, 2.75) is 51.7 Å². The molecule has 2 rings (SSSR count). The van der Waals surface area contributed by atoms with Gasteiger partial charge in [0.05, 0.1) is 11.6 Å². The standard InChI is InChI=1S/C12H20N4O2/c1-4-5-9-13-10(16-15-9)11(17)14-12(3)6-7-18-8(12)2/h8H,4-7H2,1-3H3,(H,14,17)(H,13,15,16). The van der Waals surface area contributed by atoms with Gasteiger partial charge in [-0.05, 0) is 26.7 Å². The van der Waals surface area contributed by atoms with E-state index in [1.165, 1.54) is 0 Å². The normalized spacial score (nSPS) is 27.4. The van der Waals surface area contributed by atoms with Gasteiger partial charge in [-0.1, -0.05) is 6.92 Å². The van der Waals surface area contributed by atoms with E-state index in [4.69, 9.17) is 4.74 Å². The Bertz CT molecular complexity index is 431. The Morgan fingerprint density at radius 1 is 1.67 bits per heavy atom. The van der Waals surface area contributed by atoms with Gasteiger partial charge in [0.15, 0.2) is 0 Å². The van der Waals surface area contributed by atoms with Crippen LogP contribution in [-0.2, 0) is 11.2 Å².